The Morgan fingerprint density at radius 2 is 2.00 bits per heavy atom. The second-order valence-electron chi connectivity index (χ2n) is 5.07. The van der Waals surface area contributed by atoms with Crippen molar-refractivity contribution in [2.45, 2.75) is 26.9 Å². The zero-order chi connectivity index (χ0) is 16.3. The summed E-state index contributed by atoms with van der Waals surface area (Å²) in [5.74, 6) is -0.431. The third-order valence-electron chi connectivity index (χ3n) is 3.74. The second kappa shape index (κ2) is 6.79. The monoisotopic (exact) mass is 305 g/mol. The zero-order valence-corrected chi connectivity index (χ0v) is 13.8. The number of hydrogen-bond acceptors (Lipinski definition) is 5. The summed E-state index contributed by atoms with van der Waals surface area (Å²) in [5.41, 5.74) is 2.64. The first-order chi connectivity index (χ1) is 10.6. The van der Waals surface area contributed by atoms with Gasteiger partial charge in [-0.15, -0.1) is 0 Å². The molecular formula is C16H23N3O3. The molecule has 0 N–H and O–H groups in total. The number of benzene rings is 1. The Morgan fingerprint density at radius 3 is 2.55 bits per heavy atom. The molecule has 22 heavy (non-hydrogen) atoms. The Balaban J connectivity index is 2.72. The largest absolute Gasteiger partial charge is 0.467 e. The Hall–Kier alpha value is -2.08. The van der Waals surface area contributed by atoms with Crippen LogP contribution in [0.4, 0.5) is 0 Å². The predicted molar refractivity (Wildman–Crippen MR) is 85.5 cm³/mol. The van der Waals surface area contributed by atoms with E-state index in [1.165, 1.54) is 14.2 Å². The van der Waals surface area contributed by atoms with E-state index < -0.39 is 12.1 Å². The zero-order valence-electron chi connectivity index (χ0n) is 13.8. The Bertz CT molecular complexity index is 662. The van der Waals surface area contributed by atoms with Crippen molar-refractivity contribution in [3.8, 4) is 0 Å². The van der Waals surface area contributed by atoms with Gasteiger partial charge in [-0.3, -0.25) is 5.01 Å². The molecule has 0 radical (unpaired) electrons. The SMILES string of the molecule is CCN(CC)n1nc2ccc(C)cc2c1C(OC)C(=O)OC. The van der Waals surface area contributed by atoms with Crippen LogP contribution in [0.25, 0.3) is 10.9 Å². The van der Waals surface area contributed by atoms with Gasteiger partial charge in [0.15, 0.2) is 6.10 Å². The number of aryl methyl sites for hydroxylation is 1. The van der Waals surface area contributed by atoms with Gasteiger partial charge in [0.25, 0.3) is 0 Å². The number of fused-ring (bicyclic) bond motifs is 1. The fourth-order valence-corrected chi connectivity index (χ4v) is 2.59. The fourth-order valence-electron chi connectivity index (χ4n) is 2.59. The van der Waals surface area contributed by atoms with Gasteiger partial charge in [-0.05, 0) is 32.9 Å². The van der Waals surface area contributed by atoms with Crippen LogP contribution in [0.1, 0.15) is 31.2 Å². The second-order valence-corrected chi connectivity index (χ2v) is 5.07. The minimum Gasteiger partial charge on any atom is -0.467 e. The summed E-state index contributed by atoms with van der Waals surface area (Å²) in [5, 5.41) is 7.58. The highest BCUT2D eigenvalue weighted by Crippen LogP contribution is 2.28. The molecule has 6 nitrogen and oxygen atoms in total. The maximum absolute atomic E-state index is 12.1. The summed E-state index contributed by atoms with van der Waals surface area (Å²) >= 11 is 0. The van der Waals surface area contributed by atoms with Crippen LogP contribution in [0.3, 0.4) is 0 Å². The molecule has 0 aliphatic heterocycles. The van der Waals surface area contributed by atoms with E-state index in [1.807, 2.05) is 44.0 Å². The molecular weight excluding hydrogens is 282 g/mol. The standard InChI is InChI=1S/C16H23N3O3/c1-6-18(7-2)19-14(15(21-4)16(20)22-5)12-10-11(3)8-9-13(12)17-19/h8-10,15H,6-7H2,1-5H3. The van der Waals surface area contributed by atoms with Crippen molar-refractivity contribution in [3.05, 3.63) is 29.5 Å². The minimum absolute atomic E-state index is 0.431. The molecule has 1 aromatic carbocycles. The van der Waals surface area contributed by atoms with Crippen molar-refractivity contribution in [1.29, 1.82) is 0 Å². The number of hydrogen-bond donors (Lipinski definition) is 0. The van der Waals surface area contributed by atoms with Gasteiger partial charge in [0.1, 0.15) is 5.69 Å². The van der Waals surface area contributed by atoms with Crippen LogP contribution in [0.2, 0.25) is 0 Å². The molecule has 0 saturated carbocycles. The van der Waals surface area contributed by atoms with Gasteiger partial charge in [-0.25, -0.2) is 4.79 Å². The third-order valence-corrected chi connectivity index (χ3v) is 3.74. The molecule has 2 aromatic rings. The van der Waals surface area contributed by atoms with Gasteiger partial charge in [-0.1, -0.05) is 11.6 Å². The highest BCUT2D eigenvalue weighted by Gasteiger charge is 2.29. The summed E-state index contributed by atoms with van der Waals surface area (Å²) in [6.07, 6.45) is -0.808. The Kier molecular flexibility index (Phi) is 5.03. The molecule has 0 aliphatic rings. The smallest absolute Gasteiger partial charge is 0.341 e. The van der Waals surface area contributed by atoms with Crippen LogP contribution in [0, 0.1) is 6.92 Å². The Morgan fingerprint density at radius 1 is 1.32 bits per heavy atom. The minimum atomic E-state index is -0.808. The summed E-state index contributed by atoms with van der Waals surface area (Å²) in [6.45, 7) is 7.65. The van der Waals surface area contributed by atoms with Crippen molar-refractivity contribution >= 4 is 16.9 Å². The number of carbonyl (C=O) groups is 1. The number of carbonyl (C=O) groups excluding carboxylic acids is 1. The molecule has 1 heterocycles. The molecule has 0 fully saturated rings. The van der Waals surface area contributed by atoms with Crippen molar-refractivity contribution in [1.82, 2.24) is 9.89 Å². The molecule has 1 atom stereocenters. The normalized spacial score (nSPS) is 12.4. The first-order valence-corrected chi connectivity index (χ1v) is 7.42. The van der Waals surface area contributed by atoms with Crippen molar-refractivity contribution < 1.29 is 14.3 Å². The molecule has 0 saturated heterocycles. The molecule has 1 unspecified atom stereocenters. The molecule has 0 spiro atoms. The fraction of sp³-hybridized carbons (Fsp3) is 0.500. The van der Waals surface area contributed by atoms with E-state index in [9.17, 15) is 4.79 Å². The first-order valence-electron chi connectivity index (χ1n) is 7.42. The lowest BCUT2D eigenvalue weighted by atomic mass is 10.1. The van der Waals surface area contributed by atoms with Gasteiger partial charge in [0, 0.05) is 25.6 Å². The maximum atomic E-state index is 12.1. The molecule has 0 amide bonds. The van der Waals surface area contributed by atoms with E-state index in [0.29, 0.717) is 5.69 Å². The maximum Gasteiger partial charge on any atom is 0.341 e. The van der Waals surface area contributed by atoms with Crippen LogP contribution >= 0.6 is 0 Å². The van der Waals surface area contributed by atoms with Gasteiger partial charge in [0.2, 0.25) is 0 Å². The molecule has 1 aromatic heterocycles. The van der Waals surface area contributed by atoms with Crippen molar-refractivity contribution in [3.63, 3.8) is 0 Å². The van der Waals surface area contributed by atoms with Crippen LogP contribution < -0.4 is 5.01 Å². The van der Waals surface area contributed by atoms with E-state index >= 15 is 0 Å². The summed E-state index contributed by atoms with van der Waals surface area (Å²) in [6, 6.07) is 5.98. The van der Waals surface area contributed by atoms with Gasteiger partial charge >= 0.3 is 5.97 Å². The van der Waals surface area contributed by atoms with Crippen LogP contribution in [-0.4, -0.2) is 43.2 Å². The number of ether oxygens (including phenoxy) is 2. The molecule has 2 rings (SSSR count). The predicted octanol–water partition coefficient (Wildman–Crippen LogP) is 2.18. The number of esters is 1. The van der Waals surface area contributed by atoms with Crippen molar-refractivity contribution in [2.75, 3.05) is 32.3 Å². The molecule has 6 heteroatoms. The number of rotatable bonds is 6. The third kappa shape index (κ3) is 2.78. The van der Waals surface area contributed by atoms with E-state index in [-0.39, 0.29) is 0 Å². The van der Waals surface area contributed by atoms with E-state index in [0.717, 1.165) is 29.6 Å². The topological polar surface area (TPSA) is 56.6 Å². The van der Waals surface area contributed by atoms with Crippen molar-refractivity contribution in [2.24, 2.45) is 0 Å². The number of methoxy groups -OCH3 is 2. The average Bonchev–Trinajstić information content (AvgIpc) is 2.88. The number of nitrogens with zero attached hydrogens (tertiary/aromatic N) is 3. The number of aromatic nitrogens is 2. The van der Waals surface area contributed by atoms with E-state index in [1.54, 1.807) is 4.79 Å². The molecule has 120 valence electrons. The van der Waals surface area contributed by atoms with Gasteiger partial charge in [0.05, 0.1) is 12.6 Å². The summed E-state index contributed by atoms with van der Waals surface area (Å²) in [4.78, 5) is 13.9. The highest BCUT2D eigenvalue weighted by molar-refractivity contribution is 5.88. The first kappa shape index (κ1) is 16.3. The quantitative estimate of drug-likeness (QED) is 0.766. The lowest BCUT2D eigenvalue weighted by molar-refractivity contribution is -0.153. The van der Waals surface area contributed by atoms with Gasteiger partial charge in [-0.2, -0.15) is 9.89 Å². The van der Waals surface area contributed by atoms with E-state index in [4.69, 9.17) is 9.47 Å². The molecule has 0 aliphatic carbocycles. The van der Waals surface area contributed by atoms with Crippen LogP contribution in [-0.2, 0) is 14.3 Å². The molecule has 0 bridgehead atoms. The van der Waals surface area contributed by atoms with Crippen LogP contribution in [0.15, 0.2) is 18.2 Å². The highest BCUT2D eigenvalue weighted by atomic mass is 16.6. The van der Waals surface area contributed by atoms with Gasteiger partial charge < -0.3 is 9.47 Å². The lowest BCUT2D eigenvalue weighted by Crippen LogP contribution is -2.38. The Labute approximate surface area is 130 Å². The summed E-state index contributed by atoms with van der Waals surface area (Å²) in [7, 11) is 2.86. The average molecular weight is 305 g/mol. The summed E-state index contributed by atoms with van der Waals surface area (Å²) < 4.78 is 10.3. The van der Waals surface area contributed by atoms with E-state index in [2.05, 4.69) is 5.10 Å². The van der Waals surface area contributed by atoms with Crippen LogP contribution in [0.5, 0.6) is 0 Å². The lowest BCUT2D eigenvalue weighted by Gasteiger charge is -2.25.